The number of amides is 1. The number of likely N-dealkylation sites (tertiary alicyclic amines) is 1. The highest BCUT2D eigenvalue weighted by Crippen LogP contribution is 2.32. The number of rotatable bonds is 5. The van der Waals surface area contributed by atoms with Crippen LogP contribution in [-0.2, 0) is 4.79 Å². The Labute approximate surface area is 170 Å². The maximum Gasteiger partial charge on any atom is 0.239 e. The summed E-state index contributed by atoms with van der Waals surface area (Å²) in [4.78, 5) is 19.4. The van der Waals surface area contributed by atoms with Crippen LogP contribution in [0.2, 0.25) is 0 Å². The number of hydrogen-bond donors (Lipinski definition) is 1. The van der Waals surface area contributed by atoms with E-state index in [-0.39, 0.29) is 5.91 Å². The summed E-state index contributed by atoms with van der Waals surface area (Å²) < 4.78 is 7.93. The highest BCUT2D eigenvalue weighted by Gasteiger charge is 2.26. The summed E-state index contributed by atoms with van der Waals surface area (Å²) in [7, 11) is 0. The molecule has 1 aromatic carbocycles. The Morgan fingerprint density at radius 1 is 1.10 bits per heavy atom. The third-order valence-electron chi connectivity index (χ3n) is 6.22. The second-order valence-corrected chi connectivity index (χ2v) is 8.22. The molecule has 3 aromatic rings. The smallest absolute Gasteiger partial charge is 0.239 e. The van der Waals surface area contributed by atoms with Gasteiger partial charge < -0.3 is 9.73 Å². The van der Waals surface area contributed by atoms with E-state index in [1.54, 1.807) is 6.20 Å². The van der Waals surface area contributed by atoms with E-state index in [1.807, 2.05) is 35.0 Å². The monoisotopic (exact) mass is 393 g/mol. The number of anilines is 1. The first-order valence-electron chi connectivity index (χ1n) is 10.7. The first-order chi connectivity index (χ1) is 14.3. The zero-order valence-electron chi connectivity index (χ0n) is 16.6. The van der Waals surface area contributed by atoms with E-state index in [0.29, 0.717) is 18.5 Å². The number of oxazole rings is 1. The Morgan fingerprint density at radius 2 is 1.90 bits per heavy atom. The van der Waals surface area contributed by atoms with Crippen LogP contribution in [0.4, 0.5) is 5.82 Å². The van der Waals surface area contributed by atoms with Gasteiger partial charge in [0.15, 0.2) is 11.5 Å². The number of nitrogens with zero attached hydrogens (tertiary/aromatic N) is 4. The van der Waals surface area contributed by atoms with Gasteiger partial charge in [0.1, 0.15) is 11.3 Å². The molecule has 1 aliphatic heterocycles. The fourth-order valence-corrected chi connectivity index (χ4v) is 4.64. The van der Waals surface area contributed by atoms with Crippen LogP contribution in [-0.4, -0.2) is 45.2 Å². The van der Waals surface area contributed by atoms with Crippen molar-refractivity contribution in [3.8, 4) is 0 Å². The van der Waals surface area contributed by atoms with Gasteiger partial charge in [0.05, 0.1) is 18.8 Å². The van der Waals surface area contributed by atoms with Gasteiger partial charge in [-0.05, 0) is 50.9 Å². The Morgan fingerprint density at radius 3 is 2.69 bits per heavy atom. The van der Waals surface area contributed by atoms with Crippen LogP contribution in [0.25, 0.3) is 11.1 Å². The van der Waals surface area contributed by atoms with Gasteiger partial charge in [-0.1, -0.05) is 25.0 Å². The van der Waals surface area contributed by atoms with Crippen LogP contribution < -0.4 is 5.32 Å². The van der Waals surface area contributed by atoms with Crippen LogP contribution in [0.15, 0.2) is 40.9 Å². The van der Waals surface area contributed by atoms with Gasteiger partial charge in [-0.15, -0.1) is 0 Å². The molecular formula is C22H27N5O2. The van der Waals surface area contributed by atoms with Crippen molar-refractivity contribution in [1.82, 2.24) is 19.7 Å². The summed E-state index contributed by atoms with van der Waals surface area (Å²) in [5.41, 5.74) is 1.77. The van der Waals surface area contributed by atoms with E-state index in [4.69, 9.17) is 4.42 Å². The number of carbonyl (C=O) groups is 1. The Bertz CT molecular complexity index is 947. The molecule has 152 valence electrons. The number of hydrogen-bond acceptors (Lipinski definition) is 5. The summed E-state index contributed by atoms with van der Waals surface area (Å²) in [6.45, 7) is 2.16. The Balaban J connectivity index is 1.15. The molecule has 0 radical (unpaired) electrons. The fraction of sp³-hybridized carbons (Fsp3) is 0.500. The minimum atomic E-state index is 0.0325. The summed E-state index contributed by atoms with van der Waals surface area (Å²) in [5.74, 6) is 2.01. The summed E-state index contributed by atoms with van der Waals surface area (Å²) >= 11 is 0. The minimum Gasteiger partial charge on any atom is -0.440 e. The van der Waals surface area contributed by atoms with E-state index in [0.717, 1.165) is 61.6 Å². The number of para-hydroxylation sites is 2. The number of aromatic nitrogens is 3. The average molecular weight is 393 g/mol. The minimum absolute atomic E-state index is 0.0325. The van der Waals surface area contributed by atoms with Crippen LogP contribution in [0.3, 0.4) is 0 Å². The lowest BCUT2D eigenvalue weighted by Crippen LogP contribution is -2.39. The van der Waals surface area contributed by atoms with Gasteiger partial charge in [0.25, 0.3) is 0 Å². The third-order valence-corrected chi connectivity index (χ3v) is 6.22. The van der Waals surface area contributed by atoms with E-state index < -0.39 is 0 Å². The number of carbonyl (C=O) groups excluding carboxylic acids is 1. The van der Waals surface area contributed by atoms with Crippen molar-refractivity contribution in [1.29, 1.82) is 0 Å². The molecule has 1 amide bonds. The molecule has 7 heteroatoms. The summed E-state index contributed by atoms with van der Waals surface area (Å²) in [6.07, 6.45) is 8.47. The number of benzene rings is 1. The van der Waals surface area contributed by atoms with Crippen molar-refractivity contribution in [2.24, 2.45) is 0 Å². The van der Waals surface area contributed by atoms with Crippen molar-refractivity contribution in [3.05, 3.63) is 42.4 Å². The fourth-order valence-electron chi connectivity index (χ4n) is 4.64. The lowest BCUT2D eigenvalue weighted by atomic mass is 9.97. The van der Waals surface area contributed by atoms with Gasteiger partial charge in [-0.2, -0.15) is 5.10 Å². The predicted octanol–water partition coefficient (Wildman–Crippen LogP) is 3.96. The first-order valence-corrected chi connectivity index (χ1v) is 10.7. The molecule has 0 bridgehead atoms. The standard InChI is InChI=1S/C22H27N5O2/c28-21(25-20-9-12-23-27(20)17-5-1-2-6-17)15-26-13-10-16(11-14-26)22-24-18-7-3-4-8-19(18)29-22/h3-4,7-9,12,16-17H,1-2,5-6,10-11,13-15H2,(H,25,28). The lowest BCUT2D eigenvalue weighted by Gasteiger charge is -2.30. The molecule has 7 nitrogen and oxygen atoms in total. The van der Waals surface area contributed by atoms with Gasteiger partial charge in [-0.25, -0.2) is 9.67 Å². The highest BCUT2D eigenvalue weighted by molar-refractivity contribution is 5.91. The third kappa shape index (κ3) is 3.92. The summed E-state index contributed by atoms with van der Waals surface area (Å²) in [5, 5.41) is 7.49. The molecule has 1 saturated heterocycles. The SMILES string of the molecule is O=C(CN1CCC(c2nc3ccccc3o2)CC1)Nc1ccnn1C1CCCC1. The molecule has 2 aromatic heterocycles. The van der Waals surface area contributed by atoms with E-state index in [2.05, 4.69) is 20.3 Å². The molecule has 0 unspecified atom stereocenters. The topological polar surface area (TPSA) is 76.2 Å². The van der Waals surface area contributed by atoms with Crippen molar-refractivity contribution in [2.45, 2.75) is 50.5 Å². The largest absolute Gasteiger partial charge is 0.440 e. The van der Waals surface area contributed by atoms with Gasteiger partial charge in [0.2, 0.25) is 5.91 Å². The van der Waals surface area contributed by atoms with Gasteiger partial charge >= 0.3 is 0 Å². The molecule has 1 aliphatic carbocycles. The Kier molecular flexibility index (Phi) is 5.06. The number of fused-ring (bicyclic) bond motifs is 1. The Hall–Kier alpha value is -2.67. The number of nitrogens with one attached hydrogen (secondary N) is 1. The van der Waals surface area contributed by atoms with Crippen molar-refractivity contribution in [2.75, 3.05) is 25.0 Å². The van der Waals surface area contributed by atoms with Gasteiger partial charge in [0, 0.05) is 12.0 Å². The molecular weight excluding hydrogens is 366 g/mol. The zero-order valence-corrected chi connectivity index (χ0v) is 16.6. The van der Waals surface area contributed by atoms with Crippen LogP contribution in [0.5, 0.6) is 0 Å². The molecule has 1 saturated carbocycles. The number of piperidine rings is 1. The second kappa shape index (κ2) is 7.99. The second-order valence-electron chi connectivity index (χ2n) is 8.22. The molecule has 0 atom stereocenters. The van der Waals surface area contributed by atoms with Crippen LogP contribution in [0, 0.1) is 0 Å². The predicted molar refractivity (Wildman–Crippen MR) is 111 cm³/mol. The van der Waals surface area contributed by atoms with Crippen molar-refractivity contribution in [3.63, 3.8) is 0 Å². The maximum absolute atomic E-state index is 12.6. The van der Waals surface area contributed by atoms with Crippen molar-refractivity contribution < 1.29 is 9.21 Å². The molecule has 2 aliphatic rings. The quantitative estimate of drug-likeness (QED) is 0.710. The zero-order chi connectivity index (χ0) is 19.6. The van der Waals surface area contributed by atoms with E-state index in [1.165, 1.54) is 12.8 Å². The molecule has 2 fully saturated rings. The van der Waals surface area contributed by atoms with E-state index >= 15 is 0 Å². The lowest BCUT2D eigenvalue weighted by molar-refractivity contribution is -0.117. The van der Waals surface area contributed by atoms with E-state index in [9.17, 15) is 4.79 Å². The molecule has 3 heterocycles. The molecule has 1 N–H and O–H groups in total. The normalized spacial score (nSPS) is 19.2. The van der Waals surface area contributed by atoms with Crippen molar-refractivity contribution >= 4 is 22.8 Å². The highest BCUT2D eigenvalue weighted by atomic mass is 16.3. The van der Waals surface area contributed by atoms with Crippen LogP contribution in [0.1, 0.15) is 56.4 Å². The molecule has 29 heavy (non-hydrogen) atoms. The van der Waals surface area contributed by atoms with Gasteiger partial charge in [-0.3, -0.25) is 9.69 Å². The molecule has 5 rings (SSSR count). The molecule has 0 spiro atoms. The first kappa shape index (κ1) is 18.4. The summed E-state index contributed by atoms with van der Waals surface area (Å²) in [6, 6.07) is 10.2. The average Bonchev–Trinajstić information content (AvgIpc) is 3.48. The maximum atomic E-state index is 12.6. The van der Waals surface area contributed by atoms with Crippen LogP contribution >= 0.6 is 0 Å².